The van der Waals surface area contributed by atoms with Crippen LogP contribution >= 0.6 is 11.8 Å². The van der Waals surface area contributed by atoms with Gasteiger partial charge in [-0.2, -0.15) is 29.2 Å². The van der Waals surface area contributed by atoms with E-state index in [4.69, 9.17) is 9.84 Å². The van der Waals surface area contributed by atoms with Gasteiger partial charge in [-0.3, -0.25) is 4.79 Å². The van der Waals surface area contributed by atoms with Gasteiger partial charge in [-0.05, 0) is 32.3 Å². The molecule has 1 aliphatic rings. The molecule has 1 saturated heterocycles. The van der Waals surface area contributed by atoms with Gasteiger partial charge < -0.3 is 9.84 Å². The highest BCUT2D eigenvalue weighted by molar-refractivity contribution is 7.98. The van der Waals surface area contributed by atoms with Crippen LogP contribution in [0.5, 0.6) is 0 Å². The van der Waals surface area contributed by atoms with E-state index in [1.54, 1.807) is 13.8 Å². The third-order valence-corrected chi connectivity index (χ3v) is 5.13. The largest absolute Gasteiger partial charge is 0.480 e. The molecule has 118 valence electrons. The Hall–Kier alpha value is -0.350. The molecule has 2 N–H and O–H groups in total. The highest BCUT2D eigenvalue weighted by atomic mass is 32.2. The first-order valence-electron chi connectivity index (χ1n) is 6.41. The Bertz CT molecular complexity index is 419. The number of morpholine rings is 1. The molecule has 20 heavy (non-hydrogen) atoms. The maximum atomic E-state index is 12.2. The second-order valence-corrected chi connectivity index (χ2v) is 7.56. The summed E-state index contributed by atoms with van der Waals surface area (Å²) < 4.78 is 33.5. The Labute approximate surface area is 124 Å². The third-order valence-electron chi connectivity index (χ3n) is 2.93. The topological polar surface area (TPSA) is 95.9 Å². The van der Waals surface area contributed by atoms with Crippen molar-refractivity contribution in [1.29, 1.82) is 0 Å². The zero-order chi connectivity index (χ0) is 15.3. The first-order valence-corrected chi connectivity index (χ1v) is 9.24. The smallest absolute Gasteiger partial charge is 0.321 e. The Kier molecular flexibility index (Phi) is 6.73. The van der Waals surface area contributed by atoms with Crippen molar-refractivity contribution < 1.29 is 23.1 Å². The average molecular weight is 326 g/mol. The summed E-state index contributed by atoms with van der Waals surface area (Å²) in [6.45, 7) is 4.05. The fourth-order valence-electron chi connectivity index (χ4n) is 2.05. The van der Waals surface area contributed by atoms with Crippen LogP contribution < -0.4 is 4.72 Å². The maximum Gasteiger partial charge on any atom is 0.321 e. The predicted molar refractivity (Wildman–Crippen MR) is 78.1 cm³/mol. The van der Waals surface area contributed by atoms with Crippen LogP contribution in [0.3, 0.4) is 0 Å². The Morgan fingerprint density at radius 1 is 1.45 bits per heavy atom. The van der Waals surface area contributed by atoms with Gasteiger partial charge in [-0.25, -0.2) is 0 Å². The van der Waals surface area contributed by atoms with Crippen LogP contribution in [0.15, 0.2) is 0 Å². The number of hydrogen-bond donors (Lipinski definition) is 2. The zero-order valence-corrected chi connectivity index (χ0v) is 13.5. The molecule has 1 aliphatic heterocycles. The second kappa shape index (κ2) is 7.60. The second-order valence-electron chi connectivity index (χ2n) is 4.87. The molecule has 0 aromatic carbocycles. The number of ether oxygens (including phenoxy) is 1. The van der Waals surface area contributed by atoms with Gasteiger partial charge in [0.05, 0.1) is 12.2 Å². The van der Waals surface area contributed by atoms with E-state index in [-0.39, 0.29) is 31.7 Å². The summed E-state index contributed by atoms with van der Waals surface area (Å²) in [6.07, 6.45) is 1.69. The number of nitrogens with one attached hydrogen (secondary N) is 1. The highest BCUT2D eigenvalue weighted by Crippen LogP contribution is 2.14. The van der Waals surface area contributed by atoms with Gasteiger partial charge in [0.15, 0.2) is 0 Å². The summed E-state index contributed by atoms with van der Waals surface area (Å²) >= 11 is 1.48. The first kappa shape index (κ1) is 17.7. The molecule has 0 radical (unpaired) electrons. The molecule has 3 atom stereocenters. The van der Waals surface area contributed by atoms with Gasteiger partial charge in [0.2, 0.25) is 0 Å². The lowest BCUT2D eigenvalue weighted by atomic mass is 10.2. The van der Waals surface area contributed by atoms with E-state index in [2.05, 4.69) is 4.72 Å². The lowest BCUT2D eigenvalue weighted by Crippen LogP contribution is -2.55. The van der Waals surface area contributed by atoms with Crippen LogP contribution in [0.4, 0.5) is 0 Å². The van der Waals surface area contributed by atoms with Crippen molar-refractivity contribution >= 4 is 27.9 Å². The van der Waals surface area contributed by atoms with Gasteiger partial charge in [-0.1, -0.05) is 0 Å². The number of hydrogen-bond acceptors (Lipinski definition) is 5. The number of aliphatic carboxylic acids is 1. The Morgan fingerprint density at radius 3 is 2.45 bits per heavy atom. The highest BCUT2D eigenvalue weighted by Gasteiger charge is 2.33. The molecule has 0 aromatic rings. The zero-order valence-electron chi connectivity index (χ0n) is 11.9. The molecule has 7 nitrogen and oxygen atoms in total. The van der Waals surface area contributed by atoms with Gasteiger partial charge in [0.1, 0.15) is 6.04 Å². The van der Waals surface area contributed by atoms with Crippen LogP contribution in [0, 0.1) is 0 Å². The molecule has 1 heterocycles. The molecule has 3 unspecified atom stereocenters. The monoisotopic (exact) mass is 326 g/mol. The molecular weight excluding hydrogens is 304 g/mol. The van der Waals surface area contributed by atoms with E-state index >= 15 is 0 Å². The molecule has 1 fully saturated rings. The van der Waals surface area contributed by atoms with Crippen LogP contribution in [-0.4, -0.2) is 67.1 Å². The summed E-state index contributed by atoms with van der Waals surface area (Å²) in [7, 11) is -3.81. The first-order chi connectivity index (χ1) is 9.26. The van der Waals surface area contributed by atoms with Crippen LogP contribution in [0.25, 0.3) is 0 Å². The van der Waals surface area contributed by atoms with E-state index < -0.39 is 22.2 Å². The summed E-state index contributed by atoms with van der Waals surface area (Å²) in [6, 6.07) is -1.10. The number of carboxylic acids is 1. The van der Waals surface area contributed by atoms with Gasteiger partial charge in [0, 0.05) is 13.1 Å². The molecule has 0 aliphatic carbocycles. The Morgan fingerprint density at radius 2 is 2.00 bits per heavy atom. The number of thioether (sulfide) groups is 1. The minimum absolute atomic E-state index is 0.204. The van der Waals surface area contributed by atoms with E-state index in [1.165, 1.54) is 16.1 Å². The van der Waals surface area contributed by atoms with Gasteiger partial charge in [0.25, 0.3) is 10.2 Å². The van der Waals surface area contributed by atoms with Crippen molar-refractivity contribution in [3.63, 3.8) is 0 Å². The number of nitrogens with zero attached hydrogens (tertiary/aromatic N) is 1. The molecule has 9 heteroatoms. The average Bonchev–Trinajstić information content (AvgIpc) is 2.32. The lowest BCUT2D eigenvalue weighted by Gasteiger charge is -2.34. The standard InChI is InChI=1S/C11H22N2O5S2/c1-8-6-13(7-9(2)18-8)20(16,17)12-10(11(14)15)4-5-19-3/h8-10,12H,4-7H2,1-3H3,(H,14,15). The SMILES string of the molecule is CSCCC(NS(=O)(=O)N1CC(C)OC(C)C1)C(=O)O. The quantitative estimate of drug-likeness (QED) is 0.691. The predicted octanol–water partition coefficient (Wildman–Crippen LogP) is 0.136. The molecule has 1 rings (SSSR count). The minimum atomic E-state index is -3.81. The van der Waals surface area contributed by atoms with Gasteiger partial charge in [-0.15, -0.1) is 0 Å². The molecule has 0 amide bonds. The van der Waals surface area contributed by atoms with Crippen molar-refractivity contribution in [2.45, 2.75) is 38.5 Å². The van der Waals surface area contributed by atoms with E-state index in [9.17, 15) is 13.2 Å². The molecule has 0 saturated carbocycles. The van der Waals surface area contributed by atoms with Crippen LogP contribution in [0.1, 0.15) is 20.3 Å². The van der Waals surface area contributed by atoms with Crippen molar-refractivity contribution in [2.24, 2.45) is 0 Å². The molecule has 0 aromatic heterocycles. The molecular formula is C11H22N2O5S2. The number of carbonyl (C=O) groups is 1. The summed E-state index contributed by atoms with van der Waals surface area (Å²) in [5.74, 6) is -0.577. The van der Waals surface area contributed by atoms with Crippen LogP contribution in [0.2, 0.25) is 0 Å². The van der Waals surface area contributed by atoms with Crippen molar-refractivity contribution in [2.75, 3.05) is 25.1 Å². The number of carboxylic acid groups (broad SMARTS) is 1. The summed E-state index contributed by atoms with van der Waals surface area (Å²) in [4.78, 5) is 11.1. The van der Waals surface area contributed by atoms with E-state index in [0.29, 0.717) is 5.75 Å². The molecule has 0 bridgehead atoms. The fraction of sp³-hybridized carbons (Fsp3) is 0.909. The third kappa shape index (κ3) is 5.21. The summed E-state index contributed by atoms with van der Waals surface area (Å²) in [5, 5.41) is 9.09. The van der Waals surface area contributed by atoms with E-state index in [1.807, 2.05) is 6.26 Å². The number of rotatable bonds is 7. The van der Waals surface area contributed by atoms with E-state index in [0.717, 1.165) is 0 Å². The lowest BCUT2D eigenvalue weighted by molar-refractivity contribution is -0.139. The van der Waals surface area contributed by atoms with Crippen molar-refractivity contribution in [3.05, 3.63) is 0 Å². The normalized spacial score (nSPS) is 26.4. The molecule has 0 spiro atoms. The maximum absolute atomic E-state index is 12.2. The van der Waals surface area contributed by atoms with Gasteiger partial charge >= 0.3 is 5.97 Å². The van der Waals surface area contributed by atoms with Crippen LogP contribution in [-0.2, 0) is 19.7 Å². The van der Waals surface area contributed by atoms with Crippen molar-refractivity contribution in [3.8, 4) is 0 Å². The fourth-order valence-corrected chi connectivity index (χ4v) is 4.06. The Balaban J connectivity index is 2.73. The minimum Gasteiger partial charge on any atom is -0.480 e. The summed E-state index contributed by atoms with van der Waals surface area (Å²) in [5.41, 5.74) is 0. The van der Waals surface area contributed by atoms with Crippen molar-refractivity contribution in [1.82, 2.24) is 9.03 Å².